The Morgan fingerprint density at radius 2 is 2.28 bits per heavy atom. The number of aromatic nitrogens is 4. The molecule has 1 N–H and O–H groups in total. The van der Waals surface area contributed by atoms with Crippen molar-refractivity contribution in [2.45, 2.75) is 19.6 Å². The van der Waals surface area contributed by atoms with E-state index in [1.165, 1.54) is 23.0 Å². The molecule has 0 amide bonds. The Labute approximate surface area is 103 Å². The fourth-order valence-corrected chi connectivity index (χ4v) is 1.50. The van der Waals surface area contributed by atoms with Crippen LogP contribution in [-0.4, -0.2) is 25.3 Å². The Morgan fingerprint density at radius 1 is 1.50 bits per heavy atom. The zero-order valence-corrected chi connectivity index (χ0v) is 10.0. The van der Waals surface area contributed by atoms with E-state index in [2.05, 4.69) is 15.4 Å². The smallest absolute Gasteiger partial charge is 0.212 e. The minimum absolute atomic E-state index is 0.110. The summed E-state index contributed by atoms with van der Waals surface area (Å²) in [5.41, 5.74) is 0.388. The van der Waals surface area contributed by atoms with E-state index in [1.807, 2.05) is 0 Å². The van der Waals surface area contributed by atoms with E-state index in [0.717, 1.165) is 0 Å². The van der Waals surface area contributed by atoms with E-state index in [0.29, 0.717) is 17.1 Å². The van der Waals surface area contributed by atoms with Gasteiger partial charge in [-0.15, -0.1) is 10.2 Å². The summed E-state index contributed by atoms with van der Waals surface area (Å²) >= 11 is 0. The van der Waals surface area contributed by atoms with Crippen molar-refractivity contribution in [2.24, 2.45) is 7.05 Å². The van der Waals surface area contributed by atoms with Crippen LogP contribution in [0.3, 0.4) is 0 Å². The number of aliphatic hydroxyl groups excluding tert-OH is 1. The van der Waals surface area contributed by atoms with Gasteiger partial charge in [-0.1, -0.05) is 0 Å². The lowest BCUT2D eigenvalue weighted by molar-refractivity contribution is 0.189. The predicted molar refractivity (Wildman–Crippen MR) is 60.2 cm³/mol. The molecule has 1 unspecified atom stereocenters. The summed E-state index contributed by atoms with van der Waals surface area (Å²) in [6.07, 6.45) is -0.814. The van der Waals surface area contributed by atoms with Crippen molar-refractivity contribution in [2.75, 3.05) is 0 Å². The lowest BCUT2D eigenvalue weighted by Crippen LogP contribution is -2.03. The first-order valence-electron chi connectivity index (χ1n) is 5.39. The first kappa shape index (κ1) is 12.4. The van der Waals surface area contributed by atoms with Gasteiger partial charge in [0.1, 0.15) is 11.6 Å². The lowest BCUT2D eigenvalue weighted by atomic mass is 10.1. The second-order valence-electron chi connectivity index (χ2n) is 3.84. The van der Waals surface area contributed by atoms with Crippen LogP contribution in [0.4, 0.5) is 4.39 Å². The molecule has 1 aromatic heterocycles. The third-order valence-electron chi connectivity index (χ3n) is 2.33. The molecule has 0 saturated heterocycles. The Hall–Kier alpha value is -2.02. The number of aliphatic hydroxyl groups is 1. The van der Waals surface area contributed by atoms with Crippen molar-refractivity contribution in [1.82, 2.24) is 20.2 Å². The van der Waals surface area contributed by atoms with Gasteiger partial charge < -0.3 is 9.84 Å². The summed E-state index contributed by atoms with van der Waals surface area (Å²) in [7, 11) is 1.65. The maximum absolute atomic E-state index is 13.1. The molecule has 7 heteroatoms. The lowest BCUT2D eigenvalue weighted by Gasteiger charge is -2.12. The molecule has 96 valence electrons. The van der Waals surface area contributed by atoms with E-state index >= 15 is 0 Å². The molecule has 1 aromatic carbocycles. The van der Waals surface area contributed by atoms with Gasteiger partial charge in [0.15, 0.2) is 6.61 Å². The number of benzene rings is 1. The first-order valence-corrected chi connectivity index (χ1v) is 5.39. The number of tetrazole rings is 1. The highest BCUT2D eigenvalue weighted by Crippen LogP contribution is 2.26. The Bertz CT molecular complexity index is 542. The van der Waals surface area contributed by atoms with Gasteiger partial charge >= 0.3 is 0 Å². The minimum Gasteiger partial charge on any atom is -0.485 e. The highest BCUT2D eigenvalue weighted by Gasteiger charge is 2.11. The molecule has 1 atom stereocenters. The summed E-state index contributed by atoms with van der Waals surface area (Å²) in [5, 5.41) is 20.9. The molecular formula is C11H13FN4O2. The predicted octanol–water partition coefficient (Wildman–Crippen LogP) is 0.981. The Morgan fingerprint density at radius 3 is 2.89 bits per heavy atom. The second-order valence-corrected chi connectivity index (χ2v) is 3.84. The average molecular weight is 252 g/mol. The number of ether oxygens (including phenoxy) is 1. The van der Waals surface area contributed by atoms with Gasteiger partial charge in [-0.3, -0.25) is 0 Å². The van der Waals surface area contributed by atoms with Crippen molar-refractivity contribution >= 4 is 0 Å². The van der Waals surface area contributed by atoms with Crippen molar-refractivity contribution in [3.63, 3.8) is 0 Å². The molecule has 0 fully saturated rings. The molecule has 0 radical (unpaired) electrons. The van der Waals surface area contributed by atoms with E-state index < -0.39 is 11.9 Å². The molecule has 0 aliphatic rings. The highest BCUT2D eigenvalue weighted by molar-refractivity contribution is 5.35. The van der Waals surface area contributed by atoms with Crippen molar-refractivity contribution in [1.29, 1.82) is 0 Å². The number of rotatable bonds is 4. The maximum atomic E-state index is 13.1. The zero-order valence-electron chi connectivity index (χ0n) is 10.0. The van der Waals surface area contributed by atoms with Gasteiger partial charge in [-0.05, 0) is 30.3 Å². The van der Waals surface area contributed by atoms with Gasteiger partial charge in [-0.2, -0.15) is 4.80 Å². The monoisotopic (exact) mass is 252 g/mol. The number of halogens is 1. The average Bonchev–Trinajstić information content (AvgIpc) is 2.73. The summed E-state index contributed by atoms with van der Waals surface area (Å²) < 4.78 is 18.5. The van der Waals surface area contributed by atoms with Gasteiger partial charge in [0, 0.05) is 5.56 Å². The third kappa shape index (κ3) is 2.80. The van der Waals surface area contributed by atoms with E-state index in [4.69, 9.17) is 4.74 Å². The number of nitrogens with zero attached hydrogens (tertiary/aromatic N) is 4. The van der Waals surface area contributed by atoms with Crippen LogP contribution >= 0.6 is 0 Å². The SMILES string of the molecule is CC(O)c1cc(F)ccc1OCc1nnn(C)n1. The van der Waals surface area contributed by atoms with Crippen LogP contribution < -0.4 is 4.74 Å². The minimum atomic E-state index is -0.814. The number of hydrogen-bond acceptors (Lipinski definition) is 5. The Balaban J connectivity index is 2.13. The fourth-order valence-electron chi connectivity index (χ4n) is 1.50. The van der Waals surface area contributed by atoms with Crippen LogP contribution in [0.5, 0.6) is 5.75 Å². The highest BCUT2D eigenvalue weighted by atomic mass is 19.1. The van der Waals surface area contributed by atoms with Crippen LogP contribution in [-0.2, 0) is 13.7 Å². The fraction of sp³-hybridized carbons (Fsp3) is 0.364. The molecule has 2 rings (SSSR count). The summed E-state index contributed by atoms with van der Waals surface area (Å²) in [4.78, 5) is 1.32. The van der Waals surface area contributed by atoms with Crippen LogP contribution in [0.1, 0.15) is 24.4 Å². The topological polar surface area (TPSA) is 73.1 Å². The van der Waals surface area contributed by atoms with Crippen molar-refractivity contribution in [3.05, 3.63) is 35.4 Å². The van der Waals surface area contributed by atoms with E-state index in [9.17, 15) is 9.50 Å². The molecule has 18 heavy (non-hydrogen) atoms. The van der Waals surface area contributed by atoms with Gasteiger partial charge in [0.25, 0.3) is 0 Å². The van der Waals surface area contributed by atoms with Gasteiger partial charge in [-0.25, -0.2) is 4.39 Å². The number of hydrogen-bond donors (Lipinski definition) is 1. The molecular weight excluding hydrogens is 239 g/mol. The quantitative estimate of drug-likeness (QED) is 0.878. The molecule has 0 spiro atoms. The molecule has 2 aromatic rings. The zero-order chi connectivity index (χ0) is 13.1. The normalized spacial score (nSPS) is 12.4. The maximum Gasteiger partial charge on any atom is 0.212 e. The molecule has 0 aliphatic carbocycles. The summed E-state index contributed by atoms with van der Waals surface area (Å²) in [6, 6.07) is 3.98. The number of aryl methyl sites for hydroxylation is 1. The third-order valence-corrected chi connectivity index (χ3v) is 2.33. The Kier molecular flexibility index (Phi) is 3.52. The molecule has 1 heterocycles. The standard InChI is InChI=1S/C11H13FN4O2/c1-7(17)9-5-8(12)3-4-10(9)18-6-11-13-15-16(2)14-11/h3-5,7,17H,6H2,1-2H3. The molecule has 0 bridgehead atoms. The molecule has 0 aliphatic heterocycles. The largest absolute Gasteiger partial charge is 0.485 e. The second kappa shape index (κ2) is 5.09. The van der Waals surface area contributed by atoms with Gasteiger partial charge in [0.2, 0.25) is 5.82 Å². The van der Waals surface area contributed by atoms with E-state index in [-0.39, 0.29) is 6.61 Å². The van der Waals surface area contributed by atoms with Crippen LogP contribution in [0.15, 0.2) is 18.2 Å². The van der Waals surface area contributed by atoms with Crippen LogP contribution in [0, 0.1) is 5.82 Å². The molecule has 0 saturated carbocycles. The molecule has 6 nitrogen and oxygen atoms in total. The van der Waals surface area contributed by atoms with Crippen LogP contribution in [0.2, 0.25) is 0 Å². The van der Waals surface area contributed by atoms with Crippen molar-refractivity contribution < 1.29 is 14.2 Å². The summed E-state index contributed by atoms with van der Waals surface area (Å²) in [5.74, 6) is 0.396. The van der Waals surface area contributed by atoms with Gasteiger partial charge in [0.05, 0.1) is 13.2 Å². The summed E-state index contributed by atoms with van der Waals surface area (Å²) in [6.45, 7) is 1.65. The van der Waals surface area contributed by atoms with Crippen molar-refractivity contribution in [3.8, 4) is 5.75 Å². The first-order chi connectivity index (χ1) is 8.56. The van der Waals surface area contributed by atoms with Crippen LogP contribution in [0.25, 0.3) is 0 Å². The van der Waals surface area contributed by atoms with E-state index in [1.54, 1.807) is 14.0 Å².